The van der Waals surface area contributed by atoms with Crippen LogP contribution in [-0.4, -0.2) is 57.8 Å². The third-order valence-corrected chi connectivity index (χ3v) is 2.49. The predicted octanol–water partition coefficient (Wildman–Crippen LogP) is 2.77. The van der Waals surface area contributed by atoms with E-state index in [2.05, 4.69) is 0 Å². The third kappa shape index (κ3) is 96.0. The molecule has 0 saturated carbocycles. The normalized spacial score (nSPS) is 8.06. The second-order valence-corrected chi connectivity index (χ2v) is 7.90. The Balaban J connectivity index is -0.0000000776. The molecule has 0 aromatic rings. The summed E-state index contributed by atoms with van der Waals surface area (Å²) in [6, 6.07) is 0. The molecule has 10 nitrogen and oxygen atoms in total. The van der Waals surface area contributed by atoms with Crippen LogP contribution in [0.25, 0.3) is 0 Å². The third-order valence-electron chi connectivity index (χ3n) is 2.49. The Morgan fingerprint density at radius 3 is 0.306 bits per heavy atom. The molecule has 0 bridgehead atoms. The van der Waals surface area contributed by atoms with Crippen molar-refractivity contribution in [3.8, 4) is 0 Å². The molecule has 0 aromatic carbocycles. The second kappa shape index (κ2) is 30.3. The van der Waals surface area contributed by atoms with E-state index < -0.39 is 0 Å². The van der Waals surface area contributed by atoms with Crippen molar-refractivity contribution in [2.24, 2.45) is 0 Å². The van der Waals surface area contributed by atoms with Crippen LogP contribution in [0.15, 0.2) is 0 Å². The van der Waals surface area contributed by atoms with Crippen molar-refractivity contribution in [3.05, 3.63) is 0 Å². The van der Waals surface area contributed by atoms with Gasteiger partial charge < -0.3 is 0 Å². The Labute approximate surface area is 225 Å². The van der Waals surface area contributed by atoms with E-state index in [1.807, 2.05) is 0 Å². The molecule has 0 unspecified atom stereocenters. The smallest absolute Gasteiger partial charge is 0.137 e. The molecule has 0 atom stereocenters. The maximum absolute atomic E-state index is 10.0. The molecule has 0 aliphatic heterocycles. The van der Waals surface area contributed by atoms with Gasteiger partial charge in [-0.3, -0.25) is 47.9 Å². The molecule has 205 valence electrons. The maximum Gasteiger partial charge on any atom is 0.137 e. The van der Waals surface area contributed by atoms with Crippen LogP contribution in [0.2, 0.25) is 0 Å². The minimum absolute atomic E-state index is 0. The molecule has 0 saturated heterocycles. The molecule has 0 heterocycles. The fourth-order valence-electron chi connectivity index (χ4n) is 1.75. The summed E-state index contributed by atoms with van der Waals surface area (Å²) in [6.45, 7) is 14.0. The van der Waals surface area contributed by atoms with Gasteiger partial charge in [0, 0.05) is 18.6 Å². The van der Waals surface area contributed by atoms with Crippen molar-refractivity contribution in [3.63, 3.8) is 0 Å². The van der Waals surface area contributed by atoms with Crippen molar-refractivity contribution >= 4 is 57.8 Å². The van der Waals surface area contributed by atoms with Crippen molar-refractivity contribution in [1.82, 2.24) is 0 Å². The molecule has 0 aliphatic rings. The van der Waals surface area contributed by atoms with E-state index in [1.165, 1.54) is 69.2 Å². The molecule has 36 heavy (non-hydrogen) atoms. The van der Waals surface area contributed by atoms with Gasteiger partial charge in [0.1, 0.15) is 57.8 Å². The average Bonchev–Trinajstić information content (AvgIpc) is 2.49. The molecular weight excluding hydrogens is 511 g/mol. The zero-order valence-corrected chi connectivity index (χ0v) is 24.5. The van der Waals surface area contributed by atoms with E-state index in [9.17, 15) is 47.9 Å². The van der Waals surface area contributed by atoms with Gasteiger partial charge >= 0.3 is 0 Å². The summed E-state index contributed by atoms with van der Waals surface area (Å²) in [6.07, 6.45) is 0.417. The van der Waals surface area contributed by atoms with Crippen LogP contribution in [0.3, 0.4) is 0 Å². The number of rotatable bonds is 10. The van der Waals surface area contributed by atoms with E-state index in [0.717, 1.165) is 0 Å². The number of Topliss-reactive ketones (excluding diaryl/α,β-unsaturated/α-hetero) is 10. The van der Waals surface area contributed by atoms with Gasteiger partial charge in [-0.05, 0) is 69.2 Å². The zero-order chi connectivity index (χ0) is 29.3. The average molecular weight is 552 g/mol. The van der Waals surface area contributed by atoms with Crippen LogP contribution in [0, 0.1) is 0 Å². The largest absolute Gasteiger partial charge is 0.300 e. The van der Waals surface area contributed by atoms with E-state index in [1.54, 1.807) is 0 Å². The Kier molecular flexibility index (Phi) is 39.2. The number of hydrogen-bond acceptors (Lipinski definition) is 10. The molecule has 0 amide bonds. The van der Waals surface area contributed by atoms with Gasteiger partial charge in [0.05, 0.1) is 32.1 Å². The van der Waals surface area contributed by atoms with Gasteiger partial charge in [0.2, 0.25) is 0 Å². The maximum atomic E-state index is 10.0. The first-order chi connectivity index (χ1) is 15.6. The number of carbonyl (C=O) groups excluding carboxylic acids is 10. The molecule has 11 heteroatoms. The number of hydrogen-bond donors (Lipinski definition) is 0. The molecule has 0 rings (SSSR count). The number of carbonyl (C=O) groups is 10. The monoisotopic (exact) mass is 551 g/mol. The van der Waals surface area contributed by atoms with E-state index in [-0.39, 0.29) is 108 Å². The van der Waals surface area contributed by atoms with Gasteiger partial charge in [-0.25, -0.2) is 0 Å². The van der Waals surface area contributed by atoms with Crippen LogP contribution >= 0.6 is 0 Å². The minimum Gasteiger partial charge on any atom is -0.300 e. The van der Waals surface area contributed by atoms with E-state index in [0.29, 0.717) is 0 Å². The summed E-state index contributed by atoms with van der Waals surface area (Å²) < 4.78 is 0. The molecule has 0 fully saturated rings. The van der Waals surface area contributed by atoms with Crippen LogP contribution in [-0.2, 0) is 66.5 Å². The molecule has 0 aromatic heterocycles. The van der Waals surface area contributed by atoms with E-state index >= 15 is 0 Å². The Morgan fingerprint density at radius 1 is 0.250 bits per heavy atom. The SMILES string of the molecule is CC(=O)CC(C)=O.CC(=O)CC(C)=O.CC(=O)CC(C)=O.CC(=O)CC(C)=O.CC(=O)CC(C)=O.[V]. The standard InChI is InChI=1S/5C5H8O2.V/c5*1-4(6)3-5(2)7;/h5*3H2,1-2H3;. The summed E-state index contributed by atoms with van der Waals surface area (Å²) in [5, 5.41) is 0. The minimum atomic E-state index is -0.0625. The van der Waals surface area contributed by atoms with Crippen LogP contribution in [0.1, 0.15) is 101 Å². The van der Waals surface area contributed by atoms with Crippen LogP contribution in [0.4, 0.5) is 0 Å². The summed E-state index contributed by atoms with van der Waals surface area (Å²) in [7, 11) is 0. The quantitative estimate of drug-likeness (QED) is 0.368. The fourth-order valence-corrected chi connectivity index (χ4v) is 1.75. The second-order valence-electron chi connectivity index (χ2n) is 7.90. The van der Waals surface area contributed by atoms with Crippen LogP contribution in [0.5, 0.6) is 0 Å². The summed E-state index contributed by atoms with van der Waals surface area (Å²) in [5.74, 6) is -0.625. The Hall–Kier alpha value is -2.72. The van der Waals surface area contributed by atoms with E-state index in [4.69, 9.17) is 0 Å². The van der Waals surface area contributed by atoms with Gasteiger partial charge in [0.15, 0.2) is 0 Å². The summed E-state index contributed by atoms with van der Waals surface area (Å²) in [5.41, 5.74) is 0. The Bertz CT molecular complexity index is 569. The fraction of sp³-hybridized carbons (Fsp3) is 0.600. The first-order valence-corrected chi connectivity index (χ1v) is 10.6. The summed E-state index contributed by atoms with van der Waals surface area (Å²) in [4.78, 5) is 100. The molecular formula is C25H40O10V. The predicted molar refractivity (Wildman–Crippen MR) is 130 cm³/mol. The van der Waals surface area contributed by atoms with Crippen LogP contribution < -0.4 is 0 Å². The van der Waals surface area contributed by atoms with Gasteiger partial charge in [-0.2, -0.15) is 0 Å². The Morgan fingerprint density at radius 2 is 0.306 bits per heavy atom. The van der Waals surface area contributed by atoms with Gasteiger partial charge in [-0.15, -0.1) is 0 Å². The zero-order valence-electron chi connectivity index (χ0n) is 23.1. The van der Waals surface area contributed by atoms with Crippen molar-refractivity contribution in [2.45, 2.75) is 101 Å². The van der Waals surface area contributed by atoms with Crippen molar-refractivity contribution < 1.29 is 66.5 Å². The first-order valence-electron chi connectivity index (χ1n) is 10.6. The van der Waals surface area contributed by atoms with Crippen molar-refractivity contribution in [1.29, 1.82) is 0 Å². The van der Waals surface area contributed by atoms with Crippen molar-refractivity contribution in [2.75, 3.05) is 0 Å². The molecule has 0 aliphatic carbocycles. The first kappa shape index (κ1) is 46.6. The van der Waals surface area contributed by atoms with Gasteiger partial charge in [-0.1, -0.05) is 0 Å². The molecule has 0 spiro atoms. The van der Waals surface area contributed by atoms with Gasteiger partial charge in [0.25, 0.3) is 0 Å². The molecule has 0 N–H and O–H groups in total. The molecule has 1 radical (unpaired) electrons. The number of ketones is 10. The summed E-state index contributed by atoms with van der Waals surface area (Å²) >= 11 is 0. The topological polar surface area (TPSA) is 171 Å².